The Bertz CT molecular complexity index is 344. The van der Waals surface area contributed by atoms with Gasteiger partial charge in [0.1, 0.15) is 0 Å². The molecule has 1 N–H and O–H groups in total. The normalized spacial score (nSPS) is 25.2. The molecular weight excluding hydrogens is 266 g/mol. The van der Waals surface area contributed by atoms with Crippen molar-refractivity contribution in [3.8, 4) is 0 Å². The molecule has 128 valence electrons. The van der Waals surface area contributed by atoms with E-state index < -0.39 is 0 Å². The lowest BCUT2D eigenvalue weighted by Crippen LogP contribution is -2.26. The molecule has 0 saturated heterocycles. The van der Waals surface area contributed by atoms with Crippen LogP contribution >= 0.6 is 0 Å². The smallest absolute Gasteiger partial charge is 0.00490 e. The summed E-state index contributed by atoms with van der Waals surface area (Å²) in [5.41, 5.74) is 3.79. The van der Waals surface area contributed by atoms with Gasteiger partial charge in [-0.1, -0.05) is 64.0 Å². The summed E-state index contributed by atoms with van der Waals surface area (Å²) in [7, 11) is 0. The van der Waals surface area contributed by atoms with Gasteiger partial charge in [0.15, 0.2) is 0 Å². The quantitative estimate of drug-likeness (QED) is 0.339. The van der Waals surface area contributed by atoms with Gasteiger partial charge in [0.25, 0.3) is 0 Å². The molecule has 0 amide bonds. The average molecular weight is 306 g/mol. The summed E-state index contributed by atoms with van der Waals surface area (Å²) in [6.07, 6.45) is 15.8. The zero-order chi connectivity index (χ0) is 15.8. The molecular formula is C21H39N. The van der Waals surface area contributed by atoms with Crippen LogP contribution in [0.1, 0.15) is 91.4 Å². The fraction of sp³-hybridized carbons (Fsp3) is 0.905. The van der Waals surface area contributed by atoms with Gasteiger partial charge in [-0.25, -0.2) is 0 Å². The molecule has 0 bridgehead atoms. The summed E-state index contributed by atoms with van der Waals surface area (Å²) in [6.45, 7) is 9.30. The van der Waals surface area contributed by atoms with E-state index in [0.29, 0.717) is 0 Å². The van der Waals surface area contributed by atoms with Gasteiger partial charge in [-0.3, -0.25) is 0 Å². The van der Waals surface area contributed by atoms with E-state index in [9.17, 15) is 0 Å². The standard InChI is InChI=1S/C21H39N/c1-4-17(11-7-8-16-22-6-3)12-9-13-19-18(5-2)20-14-10-15-21(19)20/h17,20-22H,4-16H2,1-3H3. The van der Waals surface area contributed by atoms with Crippen molar-refractivity contribution in [1.29, 1.82) is 0 Å². The second kappa shape index (κ2) is 9.75. The van der Waals surface area contributed by atoms with Crippen LogP contribution in [0, 0.1) is 17.8 Å². The number of unbranched alkanes of at least 4 members (excludes halogenated alkanes) is 1. The van der Waals surface area contributed by atoms with Gasteiger partial charge in [0.2, 0.25) is 0 Å². The van der Waals surface area contributed by atoms with Crippen molar-refractivity contribution in [2.75, 3.05) is 13.1 Å². The number of allylic oxidation sites excluding steroid dienone is 2. The Morgan fingerprint density at radius 2 is 1.68 bits per heavy atom. The van der Waals surface area contributed by atoms with Gasteiger partial charge in [0, 0.05) is 0 Å². The van der Waals surface area contributed by atoms with Crippen molar-refractivity contribution >= 4 is 0 Å². The van der Waals surface area contributed by atoms with Crippen LogP contribution in [0.25, 0.3) is 0 Å². The third-order valence-corrected chi connectivity index (χ3v) is 6.31. The van der Waals surface area contributed by atoms with Crippen molar-refractivity contribution in [3.63, 3.8) is 0 Å². The molecule has 0 heterocycles. The fourth-order valence-corrected chi connectivity index (χ4v) is 5.00. The monoisotopic (exact) mass is 305 g/mol. The maximum absolute atomic E-state index is 3.44. The maximum Gasteiger partial charge on any atom is -0.00490 e. The Morgan fingerprint density at radius 1 is 0.955 bits per heavy atom. The van der Waals surface area contributed by atoms with Crippen molar-refractivity contribution in [2.45, 2.75) is 91.4 Å². The number of nitrogens with one attached hydrogen (secondary N) is 1. The third kappa shape index (κ3) is 4.60. The number of fused-ring (bicyclic) bond motifs is 1. The first-order valence-electron chi connectivity index (χ1n) is 10.2. The first-order valence-corrected chi connectivity index (χ1v) is 10.2. The van der Waals surface area contributed by atoms with Crippen molar-refractivity contribution < 1.29 is 0 Å². The molecule has 1 heteroatoms. The zero-order valence-electron chi connectivity index (χ0n) is 15.4. The van der Waals surface area contributed by atoms with E-state index in [2.05, 4.69) is 26.1 Å². The van der Waals surface area contributed by atoms with Crippen LogP contribution in [0.3, 0.4) is 0 Å². The molecule has 1 fully saturated rings. The van der Waals surface area contributed by atoms with E-state index in [-0.39, 0.29) is 0 Å². The average Bonchev–Trinajstić information content (AvgIpc) is 2.93. The first kappa shape index (κ1) is 18.0. The summed E-state index contributed by atoms with van der Waals surface area (Å²) < 4.78 is 0. The van der Waals surface area contributed by atoms with Crippen molar-refractivity contribution in [2.24, 2.45) is 17.8 Å². The number of hydrogen-bond donors (Lipinski definition) is 1. The van der Waals surface area contributed by atoms with Crippen LogP contribution in [-0.4, -0.2) is 13.1 Å². The molecule has 0 radical (unpaired) electrons. The van der Waals surface area contributed by atoms with Gasteiger partial charge >= 0.3 is 0 Å². The highest BCUT2D eigenvalue weighted by atomic mass is 14.8. The summed E-state index contributed by atoms with van der Waals surface area (Å²) >= 11 is 0. The van der Waals surface area contributed by atoms with Crippen LogP contribution in [0.5, 0.6) is 0 Å². The molecule has 3 atom stereocenters. The Hall–Kier alpha value is -0.300. The molecule has 0 aromatic rings. The van der Waals surface area contributed by atoms with Crippen LogP contribution < -0.4 is 5.32 Å². The van der Waals surface area contributed by atoms with Crippen LogP contribution in [0.4, 0.5) is 0 Å². The van der Waals surface area contributed by atoms with E-state index in [1.165, 1.54) is 77.2 Å². The Labute approximate surface area is 139 Å². The topological polar surface area (TPSA) is 12.0 Å². The van der Waals surface area contributed by atoms with E-state index in [1.807, 2.05) is 11.1 Å². The zero-order valence-corrected chi connectivity index (χ0v) is 15.4. The largest absolute Gasteiger partial charge is 0.317 e. The third-order valence-electron chi connectivity index (χ3n) is 6.31. The van der Waals surface area contributed by atoms with Crippen LogP contribution in [0.2, 0.25) is 0 Å². The molecule has 0 aliphatic heterocycles. The lowest BCUT2D eigenvalue weighted by atomic mass is 9.67. The highest BCUT2D eigenvalue weighted by Gasteiger charge is 2.41. The SMILES string of the molecule is CCNCCCCC(CC)CCCC1=C(CC)C2CCCC12. The first-order chi connectivity index (χ1) is 10.8. The predicted octanol–water partition coefficient (Wildman–Crippen LogP) is 6.10. The predicted molar refractivity (Wildman–Crippen MR) is 98.2 cm³/mol. The molecule has 0 aromatic carbocycles. The molecule has 1 nitrogen and oxygen atoms in total. The summed E-state index contributed by atoms with van der Waals surface area (Å²) in [5, 5.41) is 3.44. The van der Waals surface area contributed by atoms with Crippen molar-refractivity contribution in [1.82, 2.24) is 5.32 Å². The van der Waals surface area contributed by atoms with Gasteiger partial charge < -0.3 is 5.32 Å². The Morgan fingerprint density at radius 3 is 2.36 bits per heavy atom. The highest BCUT2D eigenvalue weighted by molar-refractivity contribution is 5.34. The Kier molecular flexibility index (Phi) is 8.00. The summed E-state index contributed by atoms with van der Waals surface area (Å²) in [6, 6.07) is 0. The minimum atomic E-state index is 0.978. The molecule has 3 unspecified atom stereocenters. The van der Waals surface area contributed by atoms with Crippen molar-refractivity contribution in [3.05, 3.63) is 11.1 Å². The molecule has 2 aliphatic rings. The highest BCUT2D eigenvalue weighted by Crippen LogP contribution is 2.53. The van der Waals surface area contributed by atoms with Gasteiger partial charge in [0.05, 0.1) is 0 Å². The lowest BCUT2D eigenvalue weighted by Gasteiger charge is -2.38. The number of rotatable bonds is 12. The molecule has 22 heavy (non-hydrogen) atoms. The number of hydrogen-bond acceptors (Lipinski definition) is 1. The summed E-state index contributed by atoms with van der Waals surface area (Å²) in [5.74, 6) is 3.02. The molecule has 0 aromatic heterocycles. The van der Waals surface area contributed by atoms with Crippen LogP contribution in [-0.2, 0) is 0 Å². The fourth-order valence-electron chi connectivity index (χ4n) is 5.00. The molecule has 2 aliphatic carbocycles. The lowest BCUT2D eigenvalue weighted by molar-refractivity contribution is 0.369. The molecule has 0 spiro atoms. The minimum Gasteiger partial charge on any atom is -0.317 e. The molecule has 2 rings (SSSR count). The van der Waals surface area contributed by atoms with Gasteiger partial charge in [-0.15, -0.1) is 0 Å². The Balaban J connectivity index is 1.63. The van der Waals surface area contributed by atoms with Gasteiger partial charge in [-0.2, -0.15) is 0 Å². The minimum absolute atomic E-state index is 0.978. The van der Waals surface area contributed by atoms with E-state index >= 15 is 0 Å². The molecule has 1 saturated carbocycles. The maximum atomic E-state index is 3.44. The second-order valence-corrected chi connectivity index (χ2v) is 7.56. The second-order valence-electron chi connectivity index (χ2n) is 7.56. The van der Waals surface area contributed by atoms with Crippen LogP contribution in [0.15, 0.2) is 11.1 Å². The summed E-state index contributed by atoms with van der Waals surface area (Å²) in [4.78, 5) is 0. The van der Waals surface area contributed by atoms with E-state index in [1.54, 1.807) is 0 Å². The van der Waals surface area contributed by atoms with Gasteiger partial charge in [-0.05, 0) is 69.4 Å². The van der Waals surface area contributed by atoms with E-state index in [4.69, 9.17) is 0 Å². The van der Waals surface area contributed by atoms with E-state index in [0.717, 1.165) is 24.3 Å².